The second kappa shape index (κ2) is 3.92. The van der Waals surface area contributed by atoms with Gasteiger partial charge in [-0.15, -0.1) is 0 Å². The fraction of sp³-hybridized carbons (Fsp3) is 0.889. The minimum Gasteiger partial charge on any atom is -0.0533 e. The highest BCUT2D eigenvalue weighted by atomic mass is 14.1. The molecule has 52 valence electrons. The summed E-state index contributed by atoms with van der Waals surface area (Å²) in [4.78, 5) is 0. The zero-order valence-electron chi connectivity index (χ0n) is 6.10. The van der Waals surface area contributed by atoms with Crippen molar-refractivity contribution in [3.8, 4) is 0 Å². The van der Waals surface area contributed by atoms with Crippen LogP contribution in [0.3, 0.4) is 0 Å². The molecule has 0 heteroatoms. The van der Waals surface area contributed by atoms with Crippen LogP contribution in [0.2, 0.25) is 0 Å². The summed E-state index contributed by atoms with van der Waals surface area (Å²) in [7, 11) is 0. The minimum absolute atomic E-state index is 0.519. The van der Waals surface area contributed by atoms with Crippen molar-refractivity contribution in [3.05, 3.63) is 6.92 Å². The van der Waals surface area contributed by atoms with Crippen molar-refractivity contribution in [1.82, 2.24) is 0 Å². The highest BCUT2D eigenvalue weighted by Crippen LogP contribution is 2.20. The van der Waals surface area contributed by atoms with Gasteiger partial charge in [0.2, 0.25) is 0 Å². The van der Waals surface area contributed by atoms with Crippen molar-refractivity contribution in [2.24, 2.45) is 5.92 Å². The molecule has 2 radical (unpaired) electrons. The van der Waals surface area contributed by atoms with Crippen LogP contribution in [-0.2, 0) is 0 Å². The van der Waals surface area contributed by atoms with E-state index in [1.807, 2.05) is 0 Å². The summed E-state index contributed by atoms with van der Waals surface area (Å²) in [6, 6.07) is 0. The summed E-state index contributed by atoms with van der Waals surface area (Å²) in [5.74, 6) is 0.519. The molecule has 0 heterocycles. The molecule has 0 saturated heterocycles. The van der Waals surface area contributed by atoms with Gasteiger partial charge in [0, 0.05) is 0 Å². The van der Waals surface area contributed by atoms with Crippen LogP contribution in [0.1, 0.15) is 44.9 Å². The monoisotopic (exact) mass is 124 g/mol. The Kier molecular flexibility index (Phi) is 3.10. The lowest BCUT2D eigenvalue weighted by atomic mass is 9.93. The van der Waals surface area contributed by atoms with Crippen molar-refractivity contribution in [1.29, 1.82) is 0 Å². The van der Waals surface area contributed by atoms with Gasteiger partial charge >= 0.3 is 0 Å². The van der Waals surface area contributed by atoms with E-state index >= 15 is 0 Å². The van der Waals surface area contributed by atoms with Crippen molar-refractivity contribution < 1.29 is 0 Å². The van der Waals surface area contributed by atoms with Crippen LogP contribution in [0, 0.1) is 12.8 Å². The predicted octanol–water partition coefficient (Wildman–Crippen LogP) is 3.06. The first kappa shape index (κ1) is 7.11. The fourth-order valence-electron chi connectivity index (χ4n) is 1.49. The molecule has 0 N–H and O–H groups in total. The Bertz CT molecular complexity index is 58.4. The Labute approximate surface area is 58.7 Å². The van der Waals surface area contributed by atoms with E-state index in [2.05, 4.69) is 0 Å². The molecule has 0 unspecified atom stereocenters. The quantitative estimate of drug-likeness (QED) is 0.465. The normalized spacial score (nSPS) is 25.0. The van der Waals surface area contributed by atoms with Gasteiger partial charge in [-0.1, -0.05) is 44.9 Å². The van der Waals surface area contributed by atoms with Gasteiger partial charge in [-0.2, -0.15) is 0 Å². The number of hydrogen-bond acceptors (Lipinski definition) is 0. The van der Waals surface area contributed by atoms with E-state index in [1.54, 1.807) is 0 Å². The van der Waals surface area contributed by atoms with E-state index < -0.39 is 0 Å². The Morgan fingerprint density at radius 2 is 1.22 bits per heavy atom. The summed E-state index contributed by atoms with van der Waals surface area (Å²) in [6.45, 7) is 5.80. The zero-order valence-corrected chi connectivity index (χ0v) is 6.10. The second-order valence-corrected chi connectivity index (χ2v) is 3.11. The molecule has 0 nitrogen and oxygen atoms in total. The molecule has 9 heavy (non-hydrogen) atoms. The van der Waals surface area contributed by atoms with Gasteiger partial charge in [-0.05, 0) is 12.8 Å². The van der Waals surface area contributed by atoms with E-state index in [-0.39, 0.29) is 0 Å². The van der Waals surface area contributed by atoms with Gasteiger partial charge < -0.3 is 0 Å². The lowest BCUT2D eigenvalue weighted by molar-refractivity contribution is 0.432. The Hall–Kier alpha value is 0. The van der Waals surface area contributed by atoms with E-state index in [0.29, 0.717) is 5.92 Å². The Morgan fingerprint density at radius 1 is 0.778 bits per heavy atom. The van der Waals surface area contributed by atoms with E-state index in [1.165, 1.54) is 44.9 Å². The largest absolute Gasteiger partial charge is 0.0533 e. The minimum atomic E-state index is 0.519. The predicted molar refractivity (Wildman–Crippen MR) is 40.1 cm³/mol. The van der Waals surface area contributed by atoms with Gasteiger partial charge in [0.15, 0.2) is 0 Å². The molecular formula is C9H16. The highest BCUT2D eigenvalue weighted by Gasteiger charge is 2.04. The van der Waals surface area contributed by atoms with Gasteiger partial charge in [0.1, 0.15) is 0 Å². The van der Waals surface area contributed by atoms with Crippen LogP contribution in [-0.4, -0.2) is 0 Å². The smallest absolute Gasteiger partial charge is 0.0318 e. The summed E-state index contributed by atoms with van der Waals surface area (Å²) in [5, 5.41) is 0. The lowest BCUT2D eigenvalue weighted by Gasteiger charge is -2.13. The maximum atomic E-state index is 5.80. The first-order valence-electron chi connectivity index (χ1n) is 4.15. The van der Waals surface area contributed by atoms with Gasteiger partial charge in [0.25, 0.3) is 0 Å². The average molecular weight is 124 g/mol. The Morgan fingerprint density at radius 3 is 1.78 bits per heavy atom. The molecule has 0 atom stereocenters. The SMILES string of the molecule is [CH]C1CCCCCCC1. The molecule has 1 aliphatic carbocycles. The molecule has 1 aliphatic rings. The maximum absolute atomic E-state index is 5.80. The third-order valence-corrected chi connectivity index (χ3v) is 2.15. The summed E-state index contributed by atoms with van der Waals surface area (Å²) >= 11 is 0. The van der Waals surface area contributed by atoms with Crippen LogP contribution in [0.15, 0.2) is 0 Å². The van der Waals surface area contributed by atoms with Crippen LogP contribution >= 0.6 is 0 Å². The second-order valence-electron chi connectivity index (χ2n) is 3.11. The molecule has 0 aliphatic heterocycles. The van der Waals surface area contributed by atoms with Crippen molar-refractivity contribution in [3.63, 3.8) is 0 Å². The number of hydrogen-bond donors (Lipinski definition) is 0. The van der Waals surface area contributed by atoms with E-state index in [4.69, 9.17) is 6.92 Å². The van der Waals surface area contributed by atoms with Gasteiger partial charge in [-0.25, -0.2) is 0 Å². The van der Waals surface area contributed by atoms with Crippen LogP contribution in [0.4, 0.5) is 0 Å². The first-order valence-corrected chi connectivity index (χ1v) is 4.15. The summed E-state index contributed by atoms with van der Waals surface area (Å²) < 4.78 is 0. The first-order chi connectivity index (χ1) is 4.39. The molecule has 0 aromatic rings. The molecule has 0 aromatic carbocycles. The van der Waals surface area contributed by atoms with Crippen molar-refractivity contribution in [2.45, 2.75) is 44.9 Å². The van der Waals surface area contributed by atoms with Crippen molar-refractivity contribution >= 4 is 0 Å². The fourth-order valence-corrected chi connectivity index (χ4v) is 1.49. The third kappa shape index (κ3) is 2.88. The maximum Gasteiger partial charge on any atom is -0.0318 e. The highest BCUT2D eigenvalue weighted by molar-refractivity contribution is 4.64. The molecule has 1 saturated carbocycles. The molecule has 1 rings (SSSR count). The topological polar surface area (TPSA) is 0 Å². The average Bonchev–Trinajstić information content (AvgIpc) is 1.79. The van der Waals surface area contributed by atoms with E-state index in [0.717, 1.165) is 0 Å². The lowest BCUT2D eigenvalue weighted by Crippen LogP contribution is -1.98. The van der Waals surface area contributed by atoms with E-state index in [9.17, 15) is 0 Å². The summed E-state index contributed by atoms with van der Waals surface area (Å²) in [6.07, 6.45) is 9.51. The van der Waals surface area contributed by atoms with Crippen molar-refractivity contribution in [2.75, 3.05) is 0 Å². The molecule has 0 spiro atoms. The Balaban J connectivity index is 2.12. The molecule has 0 aromatic heterocycles. The zero-order chi connectivity index (χ0) is 6.53. The third-order valence-electron chi connectivity index (χ3n) is 2.15. The molecular weight excluding hydrogens is 108 g/mol. The standard InChI is InChI=1S/C9H16/c1-9-7-5-3-2-4-6-8-9/h1,9H,2-8H2. The van der Waals surface area contributed by atoms with Gasteiger partial charge in [0.05, 0.1) is 0 Å². The van der Waals surface area contributed by atoms with Crippen LogP contribution in [0.5, 0.6) is 0 Å². The molecule has 1 fully saturated rings. The molecule has 0 bridgehead atoms. The van der Waals surface area contributed by atoms with Gasteiger partial charge in [-0.3, -0.25) is 0 Å². The van der Waals surface area contributed by atoms with Crippen LogP contribution < -0.4 is 0 Å². The van der Waals surface area contributed by atoms with Crippen LogP contribution in [0.25, 0.3) is 0 Å². The number of rotatable bonds is 0. The summed E-state index contributed by atoms with van der Waals surface area (Å²) in [5.41, 5.74) is 0. The molecule has 0 amide bonds.